The average molecular weight is 324 g/mol. The van der Waals surface area contributed by atoms with Crippen molar-refractivity contribution < 1.29 is 14.5 Å². The monoisotopic (exact) mass is 324 g/mol. The largest absolute Gasteiger partial charge is 0.270 e. The summed E-state index contributed by atoms with van der Waals surface area (Å²) in [4.78, 5) is 36.5. The molecule has 0 atom stereocenters. The first-order valence-electron chi connectivity index (χ1n) is 7.51. The van der Waals surface area contributed by atoms with Crippen molar-refractivity contribution in [2.24, 2.45) is 0 Å². The summed E-state index contributed by atoms with van der Waals surface area (Å²) in [5.74, 6) is -0.901. The Morgan fingerprint density at radius 2 is 1.54 bits per heavy atom. The van der Waals surface area contributed by atoms with E-state index >= 15 is 0 Å². The molecule has 0 unspecified atom stereocenters. The minimum atomic E-state index is -0.574. The van der Waals surface area contributed by atoms with Crippen molar-refractivity contribution in [3.8, 4) is 0 Å². The number of non-ortho nitro benzene ring substituents is 1. The predicted octanol–water partition coefficient (Wildman–Crippen LogP) is 3.32. The molecular weight excluding hydrogens is 308 g/mol. The summed E-state index contributed by atoms with van der Waals surface area (Å²) in [7, 11) is 0. The van der Waals surface area contributed by atoms with Crippen LogP contribution < -0.4 is 0 Å². The van der Waals surface area contributed by atoms with Crippen molar-refractivity contribution in [2.75, 3.05) is 0 Å². The van der Waals surface area contributed by atoms with Crippen molar-refractivity contribution in [1.29, 1.82) is 0 Å². The molecule has 24 heavy (non-hydrogen) atoms. The molecule has 122 valence electrons. The van der Waals surface area contributed by atoms with Crippen LogP contribution in [0, 0.1) is 30.9 Å². The van der Waals surface area contributed by atoms with Gasteiger partial charge < -0.3 is 0 Å². The van der Waals surface area contributed by atoms with Gasteiger partial charge in [-0.3, -0.25) is 24.6 Å². The molecule has 3 rings (SSSR count). The van der Waals surface area contributed by atoms with Gasteiger partial charge in [0, 0.05) is 12.1 Å². The molecule has 0 aliphatic carbocycles. The summed E-state index contributed by atoms with van der Waals surface area (Å²) in [6.07, 6.45) is 0. The maximum atomic E-state index is 12.6. The minimum absolute atomic E-state index is 0.0941. The Morgan fingerprint density at radius 1 is 0.958 bits per heavy atom. The summed E-state index contributed by atoms with van der Waals surface area (Å²) >= 11 is 0. The molecule has 2 amide bonds. The maximum absolute atomic E-state index is 12.6. The van der Waals surface area contributed by atoms with E-state index in [-0.39, 0.29) is 23.4 Å². The van der Waals surface area contributed by atoms with Gasteiger partial charge in [-0.25, -0.2) is 0 Å². The third-order valence-electron chi connectivity index (χ3n) is 4.32. The van der Waals surface area contributed by atoms with Crippen molar-refractivity contribution in [3.63, 3.8) is 0 Å². The van der Waals surface area contributed by atoms with Crippen LogP contribution in [-0.4, -0.2) is 21.6 Å². The van der Waals surface area contributed by atoms with Crippen LogP contribution >= 0.6 is 0 Å². The molecule has 6 heteroatoms. The topological polar surface area (TPSA) is 80.5 Å². The zero-order valence-corrected chi connectivity index (χ0v) is 13.6. The van der Waals surface area contributed by atoms with Crippen LogP contribution in [0.1, 0.15) is 43.0 Å². The van der Waals surface area contributed by atoms with Crippen molar-refractivity contribution >= 4 is 17.5 Å². The molecule has 1 aliphatic heterocycles. The first-order valence-corrected chi connectivity index (χ1v) is 7.51. The third-order valence-corrected chi connectivity index (χ3v) is 4.32. The van der Waals surface area contributed by atoms with Crippen LogP contribution in [0.4, 0.5) is 5.69 Å². The molecule has 0 bridgehead atoms. The van der Waals surface area contributed by atoms with E-state index in [1.165, 1.54) is 18.2 Å². The van der Waals surface area contributed by atoms with Gasteiger partial charge in [0.25, 0.3) is 17.5 Å². The summed E-state index contributed by atoms with van der Waals surface area (Å²) < 4.78 is 0. The van der Waals surface area contributed by atoms with Crippen molar-refractivity contribution in [1.82, 2.24) is 4.90 Å². The van der Waals surface area contributed by atoms with Gasteiger partial charge in [-0.2, -0.15) is 0 Å². The van der Waals surface area contributed by atoms with E-state index < -0.39 is 16.7 Å². The highest BCUT2D eigenvalue weighted by Gasteiger charge is 2.37. The van der Waals surface area contributed by atoms with Gasteiger partial charge in [0.15, 0.2) is 0 Å². The van der Waals surface area contributed by atoms with Gasteiger partial charge in [0.1, 0.15) is 0 Å². The first kappa shape index (κ1) is 15.9. The Morgan fingerprint density at radius 3 is 2.12 bits per heavy atom. The maximum Gasteiger partial charge on any atom is 0.270 e. The van der Waals surface area contributed by atoms with Crippen LogP contribution in [0.3, 0.4) is 0 Å². The molecule has 0 spiro atoms. The number of carbonyl (C=O) groups is 2. The lowest BCUT2D eigenvalue weighted by Crippen LogP contribution is -2.29. The quantitative estimate of drug-likeness (QED) is 0.493. The second kappa shape index (κ2) is 5.56. The van der Waals surface area contributed by atoms with E-state index in [0.29, 0.717) is 0 Å². The number of benzene rings is 2. The standard InChI is InChI=1S/C18H16N2O4/c1-10-6-11(2)16(12(3)7-10)9-19-17(21)14-5-4-13(20(23)24)8-15(14)18(19)22/h4-8H,9H2,1-3H3. The normalized spacial score (nSPS) is 13.4. The van der Waals surface area contributed by atoms with Crippen LogP contribution in [-0.2, 0) is 6.54 Å². The molecule has 1 aliphatic rings. The molecule has 1 heterocycles. The lowest BCUT2D eigenvalue weighted by molar-refractivity contribution is -0.384. The van der Waals surface area contributed by atoms with Gasteiger partial charge in [-0.15, -0.1) is 0 Å². The van der Waals surface area contributed by atoms with Gasteiger partial charge in [0.05, 0.1) is 22.6 Å². The number of amides is 2. The fraction of sp³-hybridized carbons (Fsp3) is 0.222. The zero-order valence-electron chi connectivity index (χ0n) is 13.6. The highest BCUT2D eigenvalue weighted by atomic mass is 16.6. The zero-order chi connectivity index (χ0) is 17.6. The first-order chi connectivity index (χ1) is 11.3. The number of hydrogen-bond donors (Lipinski definition) is 0. The molecular formula is C18H16N2O4. The van der Waals surface area contributed by atoms with E-state index in [2.05, 4.69) is 0 Å². The van der Waals surface area contributed by atoms with E-state index in [0.717, 1.165) is 27.2 Å². The summed E-state index contributed by atoms with van der Waals surface area (Å²) in [6.45, 7) is 6.04. The number of hydrogen-bond acceptors (Lipinski definition) is 4. The smallest absolute Gasteiger partial charge is 0.270 e. The number of aryl methyl sites for hydroxylation is 3. The fourth-order valence-corrected chi connectivity index (χ4v) is 3.15. The van der Waals surface area contributed by atoms with Crippen LogP contribution in [0.5, 0.6) is 0 Å². The molecule has 0 saturated carbocycles. The van der Waals surface area contributed by atoms with Gasteiger partial charge >= 0.3 is 0 Å². The Bertz CT molecular complexity index is 879. The number of carbonyl (C=O) groups excluding carboxylic acids is 2. The number of nitro groups is 1. The number of fused-ring (bicyclic) bond motifs is 1. The van der Waals surface area contributed by atoms with E-state index in [1.54, 1.807) is 0 Å². The van der Waals surface area contributed by atoms with Gasteiger partial charge in [-0.05, 0) is 43.5 Å². The van der Waals surface area contributed by atoms with Crippen LogP contribution in [0.25, 0.3) is 0 Å². The number of nitrogens with zero attached hydrogens (tertiary/aromatic N) is 2. The molecule has 0 N–H and O–H groups in total. The molecule has 6 nitrogen and oxygen atoms in total. The summed E-state index contributed by atoms with van der Waals surface area (Å²) in [5.41, 5.74) is 4.17. The molecule has 0 fully saturated rings. The Balaban J connectivity index is 1.99. The molecule has 0 radical (unpaired) electrons. The van der Waals surface area contributed by atoms with Gasteiger partial charge in [-0.1, -0.05) is 17.7 Å². The summed E-state index contributed by atoms with van der Waals surface area (Å²) in [6, 6.07) is 7.78. The minimum Gasteiger partial charge on any atom is -0.270 e. The molecule has 0 saturated heterocycles. The van der Waals surface area contributed by atoms with Crippen LogP contribution in [0.2, 0.25) is 0 Å². The third kappa shape index (κ3) is 2.46. The average Bonchev–Trinajstić information content (AvgIpc) is 2.74. The highest BCUT2D eigenvalue weighted by Crippen LogP contribution is 2.29. The predicted molar refractivity (Wildman–Crippen MR) is 88.0 cm³/mol. The second-order valence-electron chi connectivity index (χ2n) is 6.06. The molecule has 2 aromatic carbocycles. The molecule has 2 aromatic rings. The van der Waals surface area contributed by atoms with E-state index in [1.807, 2.05) is 32.9 Å². The SMILES string of the molecule is Cc1cc(C)c(CN2C(=O)c3ccc([N+](=O)[O-])cc3C2=O)c(C)c1. The second-order valence-corrected chi connectivity index (χ2v) is 6.06. The van der Waals surface area contributed by atoms with Crippen molar-refractivity contribution in [3.05, 3.63) is 73.8 Å². The van der Waals surface area contributed by atoms with E-state index in [4.69, 9.17) is 0 Å². The van der Waals surface area contributed by atoms with E-state index in [9.17, 15) is 19.7 Å². The van der Waals surface area contributed by atoms with Gasteiger partial charge in [0.2, 0.25) is 0 Å². The Hall–Kier alpha value is -3.02. The lowest BCUT2D eigenvalue weighted by Gasteiger charge is -2.18. The lowest BCUT2D eigenvalue weighted by atomic mass is 9.99. The Kier molecular flexibility index (Phi) is 3.67. The number of imide groups is 1. The summed E-state index contributed by atoms with van der Waals surface area (Å²) in [5, 5.41) is 10.9. The Labute approximate surface area is 138 Å². The fourth-order valence-electron chi connectivity index (χ4n) is 3.15. The van der Waals surface area contributed by atoms with Crippen LogP contribution in [0.15, 0.2) is 30.3 Å². The van der Waals surface area contributed by atoms with Crippen molar-refractivity contribution in [2.45, 2.75) is 27.3 Å². The number of rotatable bonds is 3. The molecule has 0 aromatic heterocycles. The highest BCUT2D eigenvalue weighted by molar-refractivity contribution is 6.21. The number of nitro benzene ring substituents is 1.